The first kappa shape index (κ1) is 31.0. The molecule has 220 valence electrons. The number of carbonyl (C=O) groups is 1. The van der Waals surface area contributed by atoms with Crippen molar-refractivity contribution < 1.29 is 32.5 Å². The van der Waals surface area contributed by atoms with Gasteiger partial charge >= 0.3 is 5.97 Å². The molecule has 7 nitrogen and oxygen atoms in total. The van der Waals surface area contributed by atoms with Gasteiger partial charge in [0, 0.05) is 23.8 Å². The Morgan fingerprint density at radius 3 is 2.39 bits per heavy atom. The molecule has 1 aliphatic rings. The number of rotatable bonds is 13. The molecule has 10 heteroatoms. The van der Waals surface area contributed by atoms with Crippen molar-refractivity contribution in [3.63, 3.8) is 0 Å². The van der Waals surface area contributed by atoms with E-state index in [-0.39, 0.29) is 24.7 Å². The zero-order chi connectivity index (χ0) is 29.7. The lowest BCUT2D eigenvalue weighted by atomic mass is 9.90. The summed E-state index contributed by atoms with van der Waals surface area (Å²) in [5.74, 6) is 0.709. The van der Waals surface area contributed by atoms with E-state index in [0.29, 0.717) is 59.8 Å². The molecule has 0 amide bonds. The Hall–Kier alpha value is -2.94. The summed E-state index contributed by atoms with van der Waals surface area (Å²) in [6.45, 7) is 4.91. The highest BCUT2D eigenvalue weighted by Crippen LogP contribution is 2.46. The Labute approximate surface area is 251 Å². The fraction of sp³-hybridized carbons (Fsp3) is 0.387. The molecule has 0 saturated heterocycles. The number of fused-ring (bicyclic) bond motifs is 1. The van der Waals surface area contributed by atoms with Gasteiger partial charge < -0.3 is 19.3 Å². The van der Waals surface area contributed by atoms with Crippen LogP contribution in [0.5, 0.6) is 17.2 Å². The summed E-state index contributed by atoms with van der Waals surface area (Å²) in [6, 6.07) is 13.5. The molecule has 0 spiro atoms. The molecule has 3 aromatic rings. The second-order valence-electron chi connectivity index (χ2n) is 10.1. The normalized spacial score (nSPS) is 14.4. The summed E-state index contributed by atoms with van der Waals surface area (Å²) in [5.41, 5.74) is 5.58. The van der Waals surface area contributed by atoms with Gasteiger partial charge in [-0.25, -0.2) is 8.42 Å². The van der Waals surface area contributed by atoms with E-state index in [2.05, 4.69) is 6.07 Å². The highest BCUT2D eigenvalue weighted by atomic mass is 35.5. The smallest absolute Gasteiger partial charge is 0.304 e. The highest BCUT2D eigenvalue weighted by Gasteiger charge is 2.27. The molecule has 1 aliphatic heterocycles. The molecule has 0 bridgehead atoms. The lowest BCUT2D eigenvalue weighted by molar-refractivity contribution is -0.137. The monoisotopic (exact) mass is 620 g/mol. The van der Waals surface area contributed by atoms with Crippen molar-refractivity contribution in [3.8, 4) is 28.4 Å². The van der Waals surface area contributed by atoms with Gasteiger partial charge in [0.1, 0.15) is 27.9 Å². The van der Waals surface area contributed by atoms with Gasteiger partial charge in [0.2, 0.25) is 0 Å². The van der Waals surface area contributed by atoms with E-state index in [9.17, 15) is 13.2 Å². The van der Waals surface area contributed by atoms with Crippen molar-refractivity contribution in [1.29, 1.82) is 0 Å². The number of benzene rings is 3. The number of carboxylic acids is 1. The maximum absolute atomic E-state index is 11.5. The van der Waals surface area contributed by atoms with Gasteiger partial charge in [-0.3, -0.25) is 4.79 Å². The van der Waals surface area contributed by atoms with Gasteiger partial charge in [-0.15, -0.1) is 0 Å². The van der Waals surface area contributed by atoms with E-state index >= 15 is 0 Å². The maximum atomic E-state index is 11.5. The van der Waals surface area contributed by atoms with Gasteiger partial charge in [0.15, 0.2) is 5.75 Å². The lowest BCUT2D eigenvalue weighted by Gasteiger charge is -2.21. The summed E-state index contributed by atoms with van der Waals surface area (Å²) in [4.78, 5) is 11.1. The molecule has 4 rings (SSSR count). The molecule has 1 N–H and O–H groups in total. The number of carboxylic acid groups (broad SMARTS) is 1. The van der Waals surface area contributed by atoms with E-state index in [0.717, 1.165) is 33.4 Å². The van der Waals surface area contributed by atoms with E-state index in [1.165, 1.54) is 6.26 Å². The number of hydrogen-bond acceptors (Lipinski definition) is 6. The molecule has 0 unspecified atom stereocenters. The molecule has 0 radical (unpaired) electrons. The topological polar surface area (TPSA) is 99.1 Å². The van der Waals surface area contributed by atoms with Crippen molar-refractivity contribution >= 4 is 39.0 Å². The molecule has 0 saturated carbocycles. The van der Waals surface area contributed by atoms with E-state index in [1.54, 1.807) is 6.07 Å². The number of aliphatic carboxylic acids is 1. The molecular formula is C31H34Cl2O7S. The third-order valence-corrected chi connectivity index (χ3v) is 8.88. The summed E-state index contributed by atoms with van der Waals surface area (Å²) < 4.78 is 40.7. The van der Waals surface area contributed by atoms with Crippen LogP contribution in [-0.2, 0) is 34.1 Å². The molecular weight excluding hydrogens is 587 g/mol. The third-order valence-electron chi connectivity index (χ3n) is 7.05. The maximum Gasteiger partial charge on any atom is 0.304 e. The van der Waals surface area contributed by atoms with Crippen LogP contribution in [0.15, 0.2) is 42.5 Å². The standard InChI is InChI=1S/C31H34Cl2O7S/c1-4-23-28(24(5-2)30(33)31(29(23)32)38-12-7-13-41(3,36)37)20-9-6-8-19(14-20)17-39-22-10-11-25-21(15-27(34)35)18-40-26(25)16-22/h6,8-11,14,16,21H,4-5,7,12-13,15,17-18H2,1-3H3,(H,34,35)/t21-/m1/s1. The lowest BCUT2D eigenvalue weighted by Crippen LogP contribution is -2.09. The Bertz CT molecular complexity index is 1500. The van der Waals surface area contributed by atoms with Crippen LogP contribution in [0.4, 0.5) is 0 Å². The van der Waals surface area contributed by atoms with Crippen LogP contribution in [0.25, 0.3) is 11.1 Å². The minimum absolute atomic E-state index is 0.0280. The van der Waals surface area contributed by atoms with Crippen molar-refractivity contribution in [2.24, 2.45) is 0 Å². The number of sulfone groups is 1. The molecule has 41 heavy (non-hydrogen) atoms. The fourth-order valence-electron chi connectivity index (χ4n) is 5.12. The van der Waals surface area contributed by atoms with E-state index in [1.807, 2.05) is 44.2 Å². The molecule has 1 atom stereocenters. The average molecular weight is 622 g/mol. The minimum atomic E-state index is -3.08. The second kappa shape index (κ2) is 13.4. The van der Waals surface area contributed by atoms with Crippen LogP contribution >= 0.6 is 23.2 Å². The average Bonchev–Trinajstić information content (AvgIpc) is 3.32. The van der Waals surface area contributed by atoms with Gasteiger partial charge in [-0.2, -0.15) is 0 Å². The first-order valence-corrected chi connectivity index (χ1v) is 16.4. The molecule has 0 aliphatic carbocycles. The zero-order valence-corrected chi connectivity index (χ0v) is 25.7. The van der Waals surface area contributed by atoms with Crippen LogP contribution in [-0.4, -0.2) is 44.7 Å². The van der Waals surface area contributed by atoms with Gasteiger partial charge in [-0.05, 0) is 59.2 Å². The SMILES string of the molecule is CCc1c(Cl)c(OCCCS(C)(=O)=O)c(Cl)c(CC)c1-c1cccc(COc2ccc3c(c2)OC[C@H]3CC(=O)O)c1. The van der Waals surface area contributed by atoms with Crippen LogP contribution in [0, 0.1) is 0 Å². The van der Waals surface area contributed by atoms with Crippen molar-refractivity contribution in [2.75, 3.05) is 25.2 Å². The number of hydrogen-bond donors (Lipinski definition) is 1. The molecule has 0 fully saturated rings. The van der Waals surface area contributed by atoms with Crippen LogP contribution < -0.4 is 14.2 Å². The van der Waals surface area contributed by atoms with Crippen LogP contribution in [0.2, 0.25) is 10.0 Å². The fourth-order valence-corrected chi connectivity index (χ4v) is 6.56. The first-order valence-electron chi connectivity index (χ1n) is 13.6. The van der Waals surface area contributed by atoms with Crippen molar-refractivity contribution in [2.45, 2.75) is 52.1 Å². The Morgan fingerprint density at radius 1 is 1.05 bits per heavy atom. The largest absolute Gasteiger partial charge is 0.492 e. The van der Waals surface area contributed by atoms with E-state index in [4.69, 9.17) is 42.5 Å². The van der Waals surface area contributed by atoms with Crippen molar-refractivity contribution in [3.05, 3.63) is 74.8 Å². The van der Waals surface area contributed by atoms with Crippen molar-refractivity contribution in [1.82, 2.24) is 0 Å². The van der Waals surface area contributed by atoms with Crippen LogP contribution in [0.1, 0.15) is 54.9 Å². The van der Waals surface area contributed by atoms with Gasteiger partial charge in [-0.1, -0.05) is 61.3 Å². The number of ether oxygens (including phenoxy) is 3. The van der Waals surface area contributed by atoms with Crippen LogP contribution in [0.3, 0.4) is 0 Å². The molecule has 3 aromatic carbocycles. The summed E-state index contributed by atoms with van der Waals surface area (Å²) in [7, 11) is -3.08. The predicted octanol–water partition coefficient (Wildman–Crippen LogP) is 7.13. The second-order valence-corrected chi connectivity index (χ2v) is 13.1. The zero-order valence-electron chi connectivity index (χ0n) is 23.3. The Balaban J connectivity index is 1.56. The summed E-state index contributed by atoms with van der Waals surface area (Å²) >= 11 is 13.7. The Morgan fingerprint density at radius 2 is 1.76 bits per heavy atom. The quantitative estimate of drug-likeness (QED) is 0.203. The number of halogens is 2. The highest BCUT2D eigenvalue weighted by molar-refractivity contribution is 7.90. The predicted molar refractivity (Wildman–Crippen MR) is 162 cm³/mol. The third kappa shape index (κ3) is 7.48. The summed E-state index contributed by atoms with van der Waals surface area (Å²) in [6.07, 6.45) is 2.87. The van der Waals surface area contributed by atoms with Gasteiger partial charge in [0.25, 0.3) is 0 Å². The summed E-state index contributed by atoms with van der Waals surface area (Å²) in [5, 5.41) is 10.00. The van der Waals surface area contributed by atoms with Gasteiger partial charge in [0.05, 0.1) is 35.4 Å². The minimum Gasteiger partial charge on any atom is -0.492 e. The molecule has 0 aromatic heterocycles. The van der Waals surface area contributed by atoms with E-state index < -0.39 is 15.8 Å². The molecule has 1 heterocycles. The Kier molecular flexibility index (Phi) is 10.1. The first-order chi connectivity index (χ1) is 19.5.